The number of esters is 2. The van der Waals surface area contributed by atoms with Crippen LogP contribution in [0.5, 0.6) is 0 Å². The number of carbonyl (C=O) groups is 2. The number of phosphoric ester groups is 1. The van der Waals surface area contributed by atoms with E-state index in [0.717, 1.165) is 57.8 Å². The first-order chi connectivity index (χ1) is 25.9. The Hall–Kier alpha value is -1.41. The normalized spacial score (nSPS) is 23.3. The first-order valence-corrected chi connectivity index (χ1v) is 22.5. The van der Waals surface area contributed by atoms with E-state index >= 15 is 0 Å². The van der Waals surface area contributed by atoms with Crippen LogP contribution in [0.4, 0.5) is 0 Å². The molecule has 0 aromatic heterocycles. The van der Waals surface area contributed by atoms with Crippen LogP contribution in [0.15, 0.2) is 12.2 Å². The number of unbranched alkanes of at least 4 members (excludes halogenated alkanes) is 20. The van der Waals surface area contributed by atoms with Gasteiger partial charge in [-0.15, -0.1) is 0 Å². The van der Waals surface area contributed by atoms with Gasteiger partial charge in [0.1, 0.15) is 43.2 Å². The van der Waals surface area contributed by atoms with Crippen molar-refractivity contribution in [3.63, 3.8) is 0 Å². The number of aliphatic hydroxyl groups excluding tert-OH is 5. The molecule has 6 atom stereocenters. The van der Waals surface area contributed by atoms with E-state index in [-0.39, 0.29) is 12.8 Å². The van der Waals surface area contributed by atoms with Gasteiger partial charge in [0.15, 0.2) is 6.10 Å². The van der Waals surface area contributed by atoms with Crippen molar-refractivity contribution in [1.29, 1.82) is 0 Å². The minimum atomic E-state index is -5.11. The number of allylic oxidation sites excluding steroid dienone is 2. The lowest BCUT2D eigenvalue weighted by Crippen LogP contribution is -2.64. The monoisotopic (exact) mass is 794 g/mol. The van der Waals surface area contributed by atoms with E-state index in [1.807, 2.05) is 0 Å². The molecule has 0 aliphatic heterocycles. The van der Waals surface area contributed by atoms with Crippen LogP contribution in [0.1, 0.15) is 174 Å². The van der Waals surface area contributed by atoms with E-state index < -0.39 is 75.7 Å². The number of rotatable bonds is 34. The second-order valence-corrected chi connectivity index (χ2v) is 16.3. The molecule has 0 spiro atoms. The first kappa shape index (κ1) is 50.6. The summed E-state index contributed by atoms with van der Waals surface area (Å²) >= 11 is 0. The summed E-state index contributed by atoms with van der Waals surface area (Å²) in [7, 11) is -5.11. The Morgan fingerprint density at radius 2 is 0.963 bits per heavy atom. The highest BCUT2D eigenvalue weighted by atomic mass is 31.2. The van der Waals surface area contributed by atoms with Crippen molar-refractivity contribution in [3.05, 3.63) is 12.2 Å². The van der Waals surface area contributed by atoms with Gasteiger partial charge in [0.05, 0.1) is 6.61 Å². The predicted molar refractivity (Wildman–Crippen MR) is 207 cm³/mol. The van der Waals surface area contributed by atoms with Crippen LogP contribution in [-0.4, -0.2) is 98.3 Å². The summed E-state index contributed by atoms with van der Waals surface area (Å²) in [6.45, 7) is 3.23. The number of hydrogen-bond donors (Lipinski definition) is 6. The third-order valence-electron chi connectivity index (χ3n) is 9.86. The van der Waals surface area contributed by atoms with Crippen LogP contribution in [0.25, 0.3) is 0 Å². The summed E-state index contributed by atoms with van der Waals surface area (Å²) in [4.78, 5) is 35.5. The molecule has 6 N–H and O–H groups in total. The van der Waals surface area contributed by atoms with Gasteiger partial charge in [-0.25, -0.2) is 4.57 Å². The molecule has 54 heavy (non-hydrogen) atoms. The molecule has 6 unspecified atom stereocenters. The van der Waals surface area contributed by atoms with E-state index in [4.69, 9.17) is 18.5 Å². The van der Waals surface area contributed by atoms with Crippen molar-refractivity contribution >= 4 is 19.8 Å². The largest absolute Gasteiger partial charge is 0.472 e. The smallest absolute Gasteiger partial charge is 0.462 e. The summed E-state index contributed by atoms with van der Waals surface area (Å²) in [5, 5.41) is 50.0. The van der Waals surface area contributed by atoms with Gasteiger partial charge in [-0.1, -0.05) is 142 Å². The van der Waals surface area contributed by atoms with Gasteiger partial charge < -0.3 is 39.9 Å². The number of carbonyl (C=O) groups excluding carboxylic acids is 2. The molecular weight excluding hydrogens is 719 g/mol. The van der Waals surface area contributed by atoms with E-state index in [9.17, 15) is 44.6 Å². The Morgan fingerprint density at radius 1 is 0.556 bits per heavy atom. The number of phosphoric acid groups is 1. The molecule has 1 saturated carbocycles. The highest BCUT2D eigenvalue weighted by Crippen LogP contribution is 2.47. The zero-order valence-electron chi connectivity index (χ0n) is 33.3. The maximum atomic E-state index is 12.8. The van der Waals surface area contributed by atoms with Crippen molar-refractivity contribution in [2.75, 3.05) is 13.2 Å². The molecule has 1 rings (SSSR count). The van der Waals surface area contributed by atoms with Gasteiger partial charge >= 0.3 is 19.8 Å². The zero-order valence-corrected chi connectivity index (χ0v) is 34.2. The highest BCUT2D eigenvalue weighted by Gasteiger charge is 2.51. The van der Waals surface area contributed by atoms with Crippen LogP contribution >= 0.6 is 7.82 Å². The lowest BCUT2D eigenvalue weighted by atomic mass is 9.85. The van der Waals surface area contributed by atoms with Crippen LogP contribution in [0.3, 0.4) is 0 Å². The van der Waals surface area contributed by atoms with Crippen molar-refractivity contribution in [1.82, 2.24) is 0 Å². The number of hydrogen-bond acceptors (Lipinski definition) is 12. The third kappa shape index (κ3) is 24.3. The molecule has 0 saturated heterocycles. The van der Waals surface area contributed by atoms with Gasteiger partial charge in [-0.3, -0.25) is 18.6 Å². The van der Waals surface area contributed by atoms with E-state index in [1.54, 1.807) is 0 Å². The standard InChI is InChI=1S/C40H75O13P/c1-3-5-7-9-11-13-15-16-17-19-20-22-24-26-28-33(41)50-30-32(52-34(42)29-27-25-23-21-18-14-12-10-8-6-4-2)31-51-54(48,49)53-40-38(46)36(44)35(43)37(45)39(40)47/h10,12,32,35-40,43-47H,3-9,11,13-31H2,1-2H3,(H,48,49)/b12-10-. The average Bonchev–Trinajstić information content (AvgIpc) is 3.15. The lowest BCUT2D eigenvalue weighted by molar-refractivity contribution is -0.220. The fourth-order valence-corrected chi connectivity index (χ4v) is 7.36. The Labute approximate surface area is 324 Å². The molecule has 1 aliphatic carbocycles. The highest BCUT2D eigenvalue weighted by molar-refractivity contribution is 7.47. The van der Waals surface area contributed by atoms with Gasteiger partial charge in [0, 0.05) is 12.8 Å². The van der Waals surface area contributed by atoms with Gasteiger partial charge in [0.25, 0.3) is 0 Å². The maximum Gasteiger partial charge on any atom is 0.472 e. The van der Waals surface area contributed by atoms with E-state index in [2.05, 4.69) is 26.0 Å². The second kappa shape index (κ2) is 31.6. The first-order valence-electron chi connectivity index (χ1n) is 21.0. The molecule has 318 valence electrons. The number of aliphatic hydroxyl groups is 5. The second-order valence-electron chi connectivity index (χ2n) is 14.8. The zero-order chi connectivity index (χ0) is 40.0. The van der Waals surface area contributed by atoms with Crippen LogP contribution < -0.4 is 0 Å². The molecule has 13 nitrogen and oxygen atoms in total. The minimum Gasteiger partial charge on any atom is -0.462 e. The van der Waals surface area contributed by atoms with Crippen molar-refractivity contribution in [3.8, 4) is 0 Å². The Morgan fingerprint density at radius 3 is 1.46 bits per heavy atom. The minimum absolute atomic E-state index is 0.0895. The lowest BCUT2D eigenvalue weighted by Gasteiger charge is -2.41. The SMILES string of the molecule is CCCC/C=C\CCCCCCCC(=O)OC(COC(=O)CCCCCCCCCCCCCCCC)COP(=O)(O)OC1C(O)C(O)C(O)C(O)C1O. The predicted octanol–water partition coefficient (Wildman–Crippen LogP) is 7.11. The summed E-state index contributed by atoms with van der Waals surface area (Å²) < 4.78 is 33.4. The molecule has 0 bridgehead atoms. The van der Waals surface area contributed by atoms with Crippen molar-refractivity contribution < 1.29 is 63.1 Å². The van der Waals surface area contributed by atoms with Gasteiger partial charge in [0.2, 0.25) is 0 Å². The molecule has 1 aliphatic rings. The van der Waals surface area contributed by atoms with Gasteiger partial charge in [-0.05, 0) is 32.1 Å². The van der Waals surface area contributed by atoms with E-state index in [0.29, 0.717) is 12.8 Å². The molecule has 14 heteroatoms. The van der Waals surface area contributed by atoms with Crippen LogP contribution in [-0.2, 0) is 32.7 Å². The third-order valence-corrected chi connectivity index (χ3v) is 10.8. The Balaban J connectivity index is 2.50. The van der Waals surface area contributed by atoms with Gasteiger partial charge in [-0.2, -0.15) is 0 Å². The summed E-state index contributed by atoms with van der Waals surface area (Å²) in [5.74, 6) is -1.11. The molecular formula is C40H75O13P. The summed E-state index contributed by atoms with van der Waals surface area (Å²) in [6, 6.07) is 0. The summed E-state index contributed by atoms with van der Waals surface area (Å²) in [6.07, 6.45) is 17.1. The topological polar surface area (TPSA) is 210 Å². The van der Waals surface area contributed by atoms with Crippen molar-refractivity contribution in [2.24, 2.45) is 0 Å². The molecule has 0 aromatic rings. The molecule has 1 fully saturated rings. The fraction of sp³-hybridized carbons (Fsp3) is 0.900. The van der Waals surface area contributed by atoms with Crippen LogP contribution in [0, 0.1) is 0 Å². The molecule has 0 heterocycles. The van der Waals surface area contributed by atoms with Crippen LogP contribution in [0.2, 0.25) is 0 Å². The number of ether oxygens (including phenoxy) is 2. The quantitative estimate of drug-likeness (QED) is 0.0166. The Kier molecular flexibility index (Phi) is 29.7. The average molecular weight is 795 g/mol. The van der Waals surface area contributed by atoms with Crippen molar-refractivity contribution in [2.45, 2.75) is 217 Å². The molecule has 0 radical (unpaired) electrons. The maximum absolute atomic E-state index is 12.8. The van der Waals surface area contributed by atoms with E-state index in [1.165, 1.54) is 77.0 Å². The molecule has 0 aromatic carbocycles. The summed E-state index contributed by atoms with van der Waals surface area (Å²) in [5.41, 5.74) is 0. The molecule has 0 amide bonds. The fourth-order valence-electron chi connectivity index (χ4n) is 6.39. The Bertz CT molecular complexity index is 1010.